The van der Waals surface area contributed by atoms with Crippen molar-refractivity contribution in [3.63, 3.8) is 0 Å². The maximum absolute atomic E-state index is 12.0. The molecular weight excluding hydrogens is 315 g/mol. The second kappa shape index (κ2) is 5.91. The first kappa shape index (κ1) is 14.2. The third kappa shape index (κ3) is 3.11. The lowest BCUT2D eigenvalue weighted by atomic mass is 10.1. The summed E-state index contributed by atoms with van der Waals surface area (Å²) < 4.78 is 7.17. The maximum atomic E-state index is 12.0. The van der Waals surface area contributed by atoms with E-state index in [9.17, 15) is 4.79 Å². The van der Waals surface area contributed by atoms with Crippen molar-refractivity contribution in [1.29, 1.82) is 0 Å². The predicted molar refractivity (Wildman–Crippen MR) is 77.6 cm³/mol. The van der Waals surface area contributed by atoms with Crippen molar-refractivity contribution < 1.29 is 9.53 Å². The van der Waals surface area contributed by atoms with Crippen molar-refractivity contribution in [3.05, 3.63) is 40.6 Å². The Balaban J connectivity index is 1.49. The van der Waals surface area contributed by atoms with E-state index in [0.29, 0.717) is 28.9 Å². The lowest BCUT2D eigenvalue weighted by Crippen LogP contribution is -2.52. The standard InChI is InChI=1S/C13H12Cl2N4O2/c14-9-1-2-12(11(15)5-9)21-8-13(20)18-6-10(7-18)19-4-3-16-17-19/h1-5,10H,6-8H2. The van der Waals surface area contributed by atoms with Crippen LogP contribution in [0.3, 0.4) is 0 Å². The fourth-order valence-electron chi connectivity index (χ4n) is 2.06. The molecule has 0 radical (unpaired) electrons. The fourth-order valence-corrected chi connectivity index (χ4v) is 2.52. The molecule has 0 atom stereocenters. The van der Waals surface area contributed by atoms with Gasteiger partial charge in [0.1, 0.15) is 5.75 Å². The Labute approximate surface area is 131 Å². The molecule has 1 saturated heterocycles. The van der Waals surface area contributed by atoms with E-state index in [2.05, 4.69) is 10.3 Å². The number of carbonyl (C=O) groups excluding carboxylic acids is 1. The number of ether oxygens (including phenoxy) is 1. The molecule has 1 aromatic heterocycles. The van der Waals surface area contributed by atoms with Gasteiger partial charge >= 0.3 is 0 Å². The fraction of sp³-hybridized carbons (Fsp3) is 0.308. The number of likely N-dealkylation sites (tertiary alicyclic amines) is 1. The molecule has 1 aliphatic rings. The Hall–Kier alpha value is -1.79. The molecule has 0 aliphatic carbocycles. The minimum atomic E-state index is -0.0858. The molecular formula is C13H12Cl2N4O2. The zero-order valence-corrected chi connectivity index (χ0v) is 12.5. The van der Waals surface area contributed by atoms with Gasteiger partial charge in [-0.2, -0.15) is 0 Å². The van der Waals surface area contributed by atoms with Crippen molar-refractivity contribution in [2.24, 2.45) is 0 Å². The van der Waals surface area contributed by atoms with E-state index >= 15 is 0 Å². The lowest BCUT2D eigenvalue weighted by Gasteiger charge is -2.38. The van der Waals surface area contributed by atoms with Gasteiger partial charge in [0, 0.05) is 24.3 Å². The van der Waals surface area contributed by atoms with E-state index in [0.717, 1.165) is 0 Å². The summed E-state index contributed by atoms with van der Waals surface area (Å²) in [5.41, 5.74) is 0. The summed E-state index contributed by atoms with van der Waals surface area (Å²) in [5, 5.41) is 8.57. The van der Waals surface area contributed by atoms with Crippen LogP contribution in [0.2, 0.25) is 10.0 Å². The van der Waals surface area contributed by atoms with E-state index in [1.807, 2.05) is 0 Å². The normalized spacial score (nSPS) is 14.9. The number of benzene rings is 1. The predicted octanol–water partition coefficient (Wildman–Crippen LogP) is 2.05. The van der Waals surface area contributed by atoms with Gasteiger partial charge in [0.25, 0.3) is 5.91 Å². The van der Waals surface area contributed by atoms with Gasteiger partial charge in [-0.3, -0.25) is 4.79 Å². The van der Waals surface area contributed by atoms with Gasteiger partial charge in [-0.1, -0.05) is 28.4 Å². The van der Waals surface area contributed by atoms with Gasteiger partial charge in [0.15, 0.2) is 6.61 Å². The third-order valence-electron chi connectivity index (χ3n) is 3.28. The zero-order valence-electron chi connectivity index (χ0n) is 10.9. The molecule has 0 N–H and O–H groups in total. The van der Waals surface area contributed by atoms with Crippen molar-refractivity contribution in [2.45, 2.75) is 6.04 Å². The number of carbonyl (C=O) groups is 1. The molecule has 6 nitrogen and oxygen atoms in total. The molecule has 3 rings (SSSR count). The number of hydrogen-bond donors (Lipinski definition) is 0. The Kier molecular flexibility index (Phi) is 3.98. The third-order valence-corrected chi connectivity index (χ3v) is 3.81. The Morgan fingerprint density at radius 1 is 1.38 bits per heavy atom. The molecule has 1 aliphatic heterocycles. The highest BCUT2D eigenvalue weighted by atomic mass is 35.5. The molecule has 0 unspecified atom stereocenters. The van der Waals surface area contributed by atoms with Crippen molar-refractivity contribution in [3.8, 4) is 5.75 Å². The van der Waals surface area contributed by atoms with Gasteiger partial charge in [-0.15, -0.1) is 5.10 Å². The number of hydrogen-bond acceptors (Lipinski definition) is 4. The van der Waals surface area contributed by atoms with Crippen LogP contribution >= 0.6 is 23.2 Å². The smallest absolute Gasteiger partial charge is 0.260 e. The summed E-state index contributed by atoms with van der Waals surface area (Å²) in [7, 11) is 0. The van der Waals surface area contributed by atoms with E-state index in [1.165, 1.54) is 0 Å². The number of halogens is 2. The molecule has 2 aromatic rings. The molecule has 1 fully saturated rings. The number of rotatable bonds is 4. The van der Waals surface area contributed by atoms with E-state index in [1.54, 1.807) is 40.2 Å². The van der Waals surface area contributed by atoms with E-state index < -0.39 is 0 Å². The number of aromatic nitrogens is 3. The average Bonchev–Trinajstić information content (AvgIpc) is 2.89. The number of nitrogens with zero attached hydrogens (tertiary/aromatic N) is 4. The summed E-state index contributed by atoms with van der Waals surface area (Å²) in [6.07, 6.45) is 3.41. The highest BCUT2D eigenvalue weighted by Gasteiger charge is 2.32. The molecule has 2 heterocycles. The van der Waals surface area contributed by atoms with E-state index in [-0.39, 0.29) is 18.6 Å². The Morgan fingerprint density at radius 3 is 2.86 bits per heavy atom. The second-order valence-electron chi connectivity index (χ2n) is 4.70. The van der Waals surface area contributed by atoms with Crippen LogP contribution in [-0.4, -0.2) is 45.5 Å². The van der Waals surface area contributed by atoms with Crippen LogP contribution in [0.4, 0.5) is 0 Å². The van der Waals surface area contributed by atoms with Gasteiger partial charge < -0.3 is 9.64 Å². The molecule has 1 amide bonds. The quantitative estimate of drug-likeness (QED) is 0.862. The van der Waals surface area contributed by atoms with Crippen LogP contribution in [0.15, 0.2) is 30.6 Å². The molecule has 110 valence electrons. The maximum Gasteiger partial charge on any atom is 0.260 e. The van der Waals surface area contributed by atoms with Crippen LogP contribution in [0.1, 0.15) is 6.04 Å². The highest BCUT2D eigenvalue weighted by Crippen LogP contribution is 2.27. The Morgan fingerprint density at radius 2 is 2.19 bits per heavy atom. The monoisotopic (exact) mass is 326 g/mol. The molecule has 8 heteroatoms. The molecule has 0 spiro atoms. The minimum Gasteiger partial charge on any atom is -0.482 e. The van der Waals surface area contributed by atoms with Crippen LogP contribution in [-0.2, 0) is 4.79 Å². The van der Waals surface area contributed by atoms with Gasteiger partial charge in [-0.05, 0) is 18.2 Å². The second-order valence-corrected chi connectivity index (χ2v) is 5.54. The van der Waals surface area contributed by atoms with Gasteiger partial charge in [-0.25, -0.2) is 4.68 Å². The first-order valence-corrected chi connectivity index (χ1v) is 7.10. The lowest BCUT2D eigenvalue weighted by molar-refractivity contribution is -0.139. The summed E-state index contributed by atoms with van der Waals surface area (Å²) in [6.45, 7) is 1.17. The zero-order chi connectivity index (χ0) is 14.8. The first-order valence-electron chi connectivity index (χ1n) is 6.35. The highest BCUT2D eigenvalue weighted by molar-refractivity contribution is 6.35. The first-order chi connectivity index (χ1) is 10.1. The topological polar surface area (TPSA) is 60.2 Å². The van der Waals surface area contributed by atoms with Gasteiger partial charge in [0.05, 0.1) is 17.3 Å². The van der Waals surface area contributed by atoms with E-state index in [4.69, 9.17) is 27.9 Å². The average molecular weight is 327 g/mol. The largest absolute Gasteiger partial charge is 0.482 e. The molecule has 21 heavy (non-hydrogen) atoms. The van der Waals surface area contributed by atoms with Gasteiger partial charge in [0.2, 0.25) is 0 Å². The molecule has 0 saturated carbocycles. The SMILES string of the molecule is O=C(COc1ccc(Cl)cc1Cl)N1CC(n2ccnn2)C1. The molecule has 1 aromatic carbocycles. The summed E-state index contributed by atoms with van der Waals surface area (Å²) in [6, 6.07) is 5.08. The van der Waals surface area contributed by atoms with Crippen LogP contribution in [0.5, 0.6) is 5.75 Å². The van der Waals surface area contributed by atoms with Crippen LogP contribution < -0.4 is 4.74 Å². The number of amides is 1. The minimum absolute atomic E-state index is 0.0502. The summed E-state index contributed by atoms with van der Waals surface area (Å²) in [5.74, 6) is 0.361. The summed E-state index contributed by atoms with van der Waals surface area (Å²) in [4.78, 5) is 13.7. The van der Waals surface area contributed by atoms with Crippen molar-refractivity contribution in [1.82, 2.24) is 19.9 Å². The van der Waals surface area contributed by atoms with Crippen LogP contribution in [0, 0.1) is 0 Å². The van der Waals surface area contributed by atoms with Crippen molar-refractivity contribution >= 4 is 29.1 Å². The Bertz CT molecular complexity index is 642. The molecule has 0 bridgehead atoms. The summed E-state index contributed by atoms with van der Waals surface area (Å²) >= 11 is 11.8. The van der Waals surface area contributed by atoms with Crippen LogP contribution in [0.25, 0.3) is 0 Å². The van der Waals surface area contributed by atoms with Crippen molar-refractivity contribution in [2.75, 3.05) is 19.7 Å².